The zero-order valence-corrected chi connectivity index (χ0v) is 9.27. The largest absolute Gasteiger partial charge is 0.326 e. The van der Waals surface area contributed by atoms with E-state index >= 15 is 0 Å². The average Bonchev–Trinajstić information content (AvgIpc) is 2.57. The summed E-state index contributed by atoms with van der Waals surface area (Å²) < 4.78 is 2.12. The number of imidazole rings is 1. The fraction of sp³-hybridized carbons (Fsp3) is 0.417. The van der Waals surface area contributed by atoms with E-state index in [1.165, 1.54) is 5.69 Å². The molecular formula is C12H17N3. The summed E-state index contributed by atoms with van der Waals surface area (Å²) in [6.07, 6.45) is 5.91. The third-order valence-electron chi connectivity index (χ3n) is 2.52. The van der Waals surface area contributed by atoms with Gasteiger partial charge in [-0.05, 0) is 38.8 Å². The summed E-state index contributed by atoms with van der Waals surface area (Å²) in [7, 11) is 0. The topological polar surface area (TPSA) is 43.3 Å². The number of rotatable bonds is 3. The lowest BCUT2D eigenvalue weighted by Crippen LogP contribution is -2.32. The molecule has 0 aliphatic carbocycles. The lowest BCUT2D eigenvalue weighted by Gasteiger charge is -2.17. The Morgan fingerprint density at radius 2 is 2.20 bits per heavy atom. The fourth-order valence-electron chi connectivity index (χ4n) is 1.62. The van der Waals surface area contributed by atoms with Gasteiger partial charge < -0.3 is 10.1 Å². The number of aromatic nitrogens is 2. The number of pyridine rings is 1. The molecule has 0 amide bonds. The van der Waals surface area contributed by atoms with Crippen LogP contribution in [-0.4, -0.2) is 14.9 Å². The molecule has 2 aromatic rings. The molecule has 2 aromatic heterocycles. The molecule has 2 N–H and O–H groups in total. The van der Waals surface area contributed by atoms with Crippen LogP contribution in [0, 0.1) is 0 Å². The van der Waals surface area contributed by atoms with E-state index in [1.807, 2.05) is 30.6 Å². The van der Waals surface area contributed by atoms with Crippen molar-refractivity contribution in [3.63, 3.8) is 0 Å². The van der Waals surface area contributed by atoms with E-state index < -0.39 is 0 Å². The van der Waals surface area contributed by atoms with Crippen molar-refractivity contribution in [3.8, 4) is 0 Å². The predicted molar refractivity (Wildman–Crippen MR) is 61.8 cm³/mol. The van der Waals surface area contributed by atoms with Crippen molar-refractivity contribution in [2.45, 2.75) is 32.2 Å². The first-order chi connectivity index (χ1) is 7.06. The Bertz CT molecular complexity index is 451. The molecule has 15 heavy (non-hydrogen) atoms. The maximum Gasteiger partial charge on any atom is 0.136 e. The quantitative estimate of drug-likeness (QED) is 0.829. The molecule has 3 nitrogen and oxygen atoms in total. The van der Waals surface area contributed by atoms with Gasteiger partial charge in [-0.15, -0.1) is 0 Å². The molecule has 0 saturated carbocycles. The highest BCUT2D eigenvalue weighted by Crippen LogP contribution is 2.12. The minimum atomic E-state index is -0.112. The average molecular weight is 203 g/mol. The van der Waals surface area contributed by atoms with Gasteiger partial charge in [0.1, 0.15) is 5.65 Å². The molecule has 0 bridgehead atoms. The van der Waals surface area contributed by atoms with Crippen LogP contribution in [0.2, 0.25) is 0 Å². The molecular weight excluding hydrogens is 186 g/mol. The minimum absolute atomic E-state index is 0.112. The summed E-state index contributed by atoms with van der Waals surface area (Å²) in [5.41, 5.74) is 8.08. The molecule has 2 rings (SSSR count). The first-order valence-electron chi connectivity index (χ1n) is 5.26. The Balaban J connectivity index is 2.22. The molecule has 0 unspecified atom stereocenters. The van der Waals surface area contributed by atoms with E-state index in [2.05, 4.69) is 23.2 Å². The lowest BCUT2D eigenvalue weighted by molar-refractivity contribution is 0.473. The van der Waals surface area contributed by atoms with Gasteiger partial charge in [-0.2, -0.15) is 0 Å². The summed E-state index contributed by atoms with van der Waals surface area (Å²) in [4.78, 5) is 4.34. The normalized spacial score (nSPS) is 12.2. The van der Waals surface area contributed by atoms with Crippen LogP contribution in [0.5, 0.6) is 0 Å². The van der Waals surface area contributed by atoms with Gasteiger partial charge >= 0.3 is 0 Å². The summed E-state index contributed by atoms with van der Waals surface area (Å²) in [5.74, 6) is 0. The third kappa shape index (κ3) is 2.36. The van der Waals surface area contributed by atoms with Gasteiger partial charge in [0.05, 0.1) is 0 Å². The molecule has 0 aromatic carbocycles. The first kappa shape index (κ1) is 10.2. The van der Waals surface area contributed by atoms with E-state index in [4.69, 9.17) is 5.73 Å². The van der Waals surface area contributed by atoms with Crippen LogP contribution < -0.4 is 5.73 Å². The number of aryl methyl sites for hydroxylation is 1. The van der Waals surface area contributed by atoms with Crippen LogP contribution in [-0.2, 0) is 6.42 Å². The molecule has 0 saturated heterocycles. The van der Waals surface area contributed by atoms with Crippen molar-refractivity contribution >= 4 is 5.65 Å². The number of fused-ring (bicyclic) bond motifs is 1. The van der Waals surface area contributed by atoms with E-state index in [-0.39, 0.29) is 5.54 Å². The zero-order chi connectivity index (χ0) is 10.9. The number of nitrogens with zero attached hydrogens (tertiary/aromatic N) is 2. The van der Waals surface area contributed by atoms with Gasteiger partial charge in [0.25, 0.3) is 0 Å². The molecule has 2 heterocycles. The van der Waals surface area contributed by atoms with Crippen LogP contribution in [0.15, 0.2) is 30.6 Å². The molecule has 0 aliphatic rings. The standard InChI is InChI=1S/C12H17N3/c1-12(2,13)7-6-10-9-14-11-5-3-4-8-15(10)11/h3-5,8-9H,6-7,13H2,1-2H3. The smallest absolute Gasteiger partial charge is 0.136 e. The fourth-order valence-corrected chi connectivity index (χ4v) is 1.62. The van der Waals surface area contributed by atoms with E-state index in [9.17, 15) is 0 Å². The van der Waals surface area contributed by atoms with Crippen molar-refractivity contribution in [2.24, 2.45) is 5.73 Å². The van der Waals surface area contributed by atoms with Crippen molar-refractivity contribution in [2.75, 3.05) is 0 Å². The van der Waals surface area contributed by atoms with E-state index in [1.54, 1.807) is 0 Å². The van der Waals surface area contributed by atoms with Gasteiger partial charge in [-0.25, -0.2) is 4.98 Å². The van der Waals surface area contributed by atoms with Crippen molar-refractivity contribution in [1.82, 2.24) is 9.38 Å². The zero-order valence-electron chi connectivity index (χ0n) is 9.27. The van der Waals surface area contributed by atoms with Gasteiger partial charge in [-0.3, -0.25) is 0 Å². The summed E-state index contributed by atoms with van der Waals surface area (Å²) in [6, 6.07) is 6.03. The molecule has 3 heteroatoms. The Kier molecular flexibility index (Phi) is 2.49. The van der Waals surface area contributed by atoms with Crippen molar-refractivity contribution in [1.29, 1.82) is 0 Å². The third-order valence-corrected chi connectivity index (χ3v) is 2.52. The van der Waals surface area contributed by atoms with Gasteiger partial charge in [0.15, 0.2) is 0 Å². The SMILES string of the molecule is CC(C)(N)CCc1cnc2ccccn12. The number of hydrogen-bond donors (Lipinski definition) is 1. The molecule has 0 aliphatic heterocycles. The summed E-state index contributed by atoms with van der Waals surface area (Å²) in [5, 5.41) is 0. The Labute approximate surface area is 89.9 Å². The first-order valence-corrected chi connectivity index (χ1v) is 5.26. The molecule has 0 radical (unpaired) electrons. The van der Waals surface area contributed by atoms with Gasteiger partial charge in [-0.1, -0.05) is 6.07 Å². The predicted octanol–water partition coefficient (Wildman–Crippen LogP) is 2.00. The number of hydrogen-bond acceptors (Lipinski definition) is 2. The second-order valence-electron chi connectivity index (χ2n) is 4.67. The van der Waals surface area contributed by atoms with Crippen LogP contribution in [0.3, 0.4) is 0 Å². The van der Waals surface area contributed by atoms with E-state index in [0.717, 1.165) is 18.5 Å². The maximum absolute atomic E-state index is 5.97. The maximum atomic E-state index is 5.97. The Hall–Kier alpha value is -1.35. The highest BCUT2D eigenvalue weighted by Gasteiger charge is 2.12. The van der Waals surface area contributed by atoms with Gasteiger partial charge in [0, 0.05) is 23.6 Å². The Morgan fingerprint density at radius 3 is 2.93 bits per heavy atom. The Morgan fingerprint density at radius 1 is 1.40 bits per heavy atom. The molecule has 0 spiro atoms. The molecule has 0 atom stereocenters. The van der Waals surface area contributed by atoms with Crippen LogP contribution in [0.1, 0.15) is 26.0 Å². The highest BCUT2D eigenvalue weighted by molar-refractivity contribution is 5.39. The van der Waals surface area contributed by atoms with Crippen molar-refractivity contribution < 1.29 is 0 Å². The van der Waals surface area contributed by atoms with E-state index in [0.29, 0.717) is 0 Å². The minimum Gasteiger partial charge on any atom is -0.326 e. The number of nitrogens with two attached hydrogens (primary N) is 1. The summed E-state index contributed by atoms with van der Waals surface area (Å²) >= 11 is 0. The highest BCUT2D eigenvalue weighted by atomic mass is 15.0. The molecule has 0 fully saturated rings. The van der Waals surface area contributed by atoms with Crippen LogP contribution in [0.25, 0.3) is 5.65 Å². The second-order valence-corrected chi connectivity index (χ2v) is 4.67. The second kappa shape index (κ2) is 3.66. The van der Waals surface area contributed by atoms with Crippen LogP contribution in [0.4, 0.5) is 0 Å². The van der Waals surface area contributed by atoms with Crippen molar-refractivity contribution in [3.05, 3.63) is 36.3 Å². The van der Waals surface area contributed by atoms with Crippen LogP contribution >= 0.6 is 0 Å². The molecule has 80 valence electrons. The monoisotopic (exact) mass is 203 g/mol. The lowest BCUT2D eigenvalue weighted by atomic mass is 9.99. The summed E-state index contributed by atoms with van der Waals surface area (Å²) in [6.45, 7) is 4.10. The van der Waals surface area contributed by atoms with Gasteiger partial charge in [0.2, 0.25) is 0 Å².